The summed E-state index contributed by atoms with van der Waals surface area (Å²) in [7, 11) is 0. The Morgan fingerprint density at radius 1 is 1.17 bits per heavy atom. The number of likely N-dealkylation sites (N-methyl/N-ethyl adjacent to an activating group) is 1. The largest absolute Gasteiger partial charge is 0.349 e. The molecule has 0 spiro atoms. The lowest BCUT2D eigenvalue weighted by molar-refractivity contribution is 0.302. The molecule has 0 bridgehead atoms. The highest BCUT2D eigenvalue weighted by atomic mass is 15.1. The van der Waals surface area contributed by atoms with Gasteiger partial charge in [-0.25, -0.2) is 0 Å². The van der Waals surface area contributed by atoms with Crippen LogP contribution in [0.25, 0.3) is 0 Å². The van der Waals surface area contributed by atoms with Crippen LogP contribution in [0.5, 0.6) is 0 Å². The van der Waals surface area contributed by atoms with Crippen LogP contribution in [0, 0.1) is 13.8 Å². The molecule has 0 aromatic carbocycles. The molecule has 18 heavy (non-hydrogen) atoms. The Bertz CT molecular complexity index is 351. The molecule has 0 amide bonds. The van der Waals surface area contributed by atoms with Gasteiger partial charge in [0, 0.05) is 37.6 Å². The van der Waals surface area contributed by atoms with Crippen LogP contribution in [0.4, 0.5) is 0 Å². The predicted octanol–water partition coefficient (Wildman–Crippen LogP) is 2.56. The molecule has 0 radical (unpaired) electrons. The van der Waals surface area contributed by atoms with Crippen molar-refractivity contribution in [3.05, 3.63) is 23.0 Å². The van der Waals surface area contributed by atoms with Gasteiger partial charge in [0.2, 0.25) is 0 Å². The summed E-state index contributed by atoms with van der Waals surface area (Å²) in [6, 6.07) is 2.31. The normalized spacial score (nSPS) is 11.4. The first-order chi connectivity index (χ1) is 8.63. The van der Waals surface area contributed by atoms with Crippen LogP contribution >= 0.6 is 0 Å². The number of hydrogen-bond donors (Lipinski definition) is 1. The van der Waals surface area contributed by atoms with Crippen molar-refractivity contribution in [2.75, 3.05) is 26.2 Å². The third-order valence-corrected chi connectivity index (χ3v) is 3.81. The van der Waals surface area contributed by atoms with Crippen molar-refractivity contribution >= 4 is 0 Å². The number of nitrogens with one attached hydrogen (secondary N) is 1. The maximum absolute atomic E-state index is 3.55. The quantitative estimate of drug-likeness (QED) is 0.717. The second-order valence-corrected chi connectivity index (χ2v) is 4.84. The fraction of sp³-hybridized carbons (Fsp3) is 0.733. The van der Waals surface area contributed by atoms with E-state index in [9.17, 15) is 0 Å². The van der Waals surface area contributed by atoms with E-state index in [0.717, 1.165) is 39.3 Å². The number of aromatic nitrogens is 1. The maximum Gasteiger partial charge on any atom is 0.0223 e. The lowest BCUT2D eigenvalue weighted by Crippen LogP contribution is -2.31. The van der Waals surface area contributed by atoms with E-state index in [1.807, 2.05) is 0 Å². The van der Waals surface area contributed by atoms with E-state index in [1.165, 1.54) is 17.0 Å². The zero-order valence-corrected chi connectivity index (χ0v) is 12.7. The number of nitrogens with zero attached hydrogens (tertiary/aromatic N) is 2. The minimum absolute atomic E-state index is 0.987. The van der Waals surface area contributed by atoms with Crippen LogP contribution in [0.3, 0.4) is 0 Å². The second-order valence-electron chi connectivity index (χ2n) is 4.84. The fourth-order valence-electron chi connectivity index (χ4n) is 2.54. The summed E-state index contributed by atoms with van der Waals surface area (Å²) in [5, 5.41) is 3.55. The smallest absolute Gasteiger partial charge is 0.0223 e. The van der Waals surface area contributed by atoms with Gasteiger partial charge in [0.1, 0.15) is 0 Å². The zero-order valence-electron chi connectivity index (χ0n) is 12.7. The summed E-state index contributed by atoms with van der Waals surface area (Å²) in [4.78, 5) is 2.45. The lowest BCUT2D eigenvalue weighted by Gasteiger charge is -2.18. The third-order valence-electron chi connectivity index (χ3n) is 3.81. The number of rotatable bonds is 8. The first-order valence-electron chi connectivity index (χ1n) is 7.22. The summed E-state index contributed by atoms with van der Waals surface area (Å²) >= 11 is 0. The molecule has 1 aromatic heterocycles. The summed E-state index contributed by atoms with van der Waals surface area (Å²) < 4.78 is 2.38. The molecule has 3 heteroatoms. The van der Waals surface area contributed by atoms with Crippen LogP contribution < -0.4 is 5.32 Å². The van der Waals surface area contributed by atoms with E-state index in [2.05, 4.69) is 55.5 Å². The monoisotopic (exact) mass is 251 g/mol. The van der Waals surface area contributed by atoms with Crippen LogP contribution in [0.1, 0.15) is 37.7 Å². The van der Waals surface area contributed by atoms with Crippen molar-refractivity contribution in [2.45, 2.75) is 47.7 Å². The molecule has 0 aliphatic rings. The Hall–Kier alpha value is -0.800. The number of aryl methyl sites for hydroxylation is 1. The second kappa shape index (κ2) is 7.59. The molecule has 1 aromatic rings. The molecule has 104 valence electrons. The molecule has 0 fully saturated rings. The Morgan fingerprint density at radius 2 is 1.83 bits per heavy atom. The van der Waals surface area contributed by atoms with Crippen molar-refractivity contribution in [2.24, 2.45) is 0 Å². The van der Waals surface area contributed by atoms with Gasteiger partial charge in [-0.3, -0.25) is 0 Å². The molecule has 0 aliphatic heterocycles. The van der Waals surface area contributed by atoms with Crippen LogP contribution in [0.2, 0.25) is 0 Å². The molecule has 0 unspecified atom stereocenters. The first kappa shape index (κ1) is 15.3. The van der Waals surface area contributed by atoms with Gasteiger partial charge in [-0.05, 0) is 45.5 Å². The van der Waals surface area contributed by atoms with Gasteiger partial charge in [-0.2, -0.15) is 0 Å². The minimum atomic E-state index is 0.987. The topological polar surface area (TPSA) is 20.2 Å². The van der Waals surface area contributed by atoms with E-state index in [0.29, 0.717) is 0 Å². The van der Waals surface area contributed by atoms with E-state index in [4.69, 9.17) is 0 Å². The molecule has 0 saturated heterocycles. The molecule has 0 atom stereocenters. The summed E-state index contributed by atoms with van der Waals surface area (Å²) in [6.45, 7) is 17.6. The van der Waals surface area contributed by atoms with Crippen molar-refractivity contribution in [3.8, 4) is 0 Å². The van der Waals surface area contributed by atoms with E-state index in [1.54, 1.807) is 0 Å². The Morgan fingerprint density at radius 3 is 2.33 bits per heavy atom. The highest BCUT2D eigenvalue weighted by Crippen LogP contribution is 2.14. The molecule has 0 saturated carbocycles. The number of hydrogen-bond acceptors (Lipinski definition) is 2. The first-order valence-corrected chi connectivity index (χ1v) is 7.22. The maximum atomic E-state index is 3.55. The molecule has 0 aliphatic carbocycles. The van der Waals surface area contributed by atoms with Gasteiger partial charge in [0.15, 0.2) is 0 Å². The highest BCUT2D eigenvalue weighted by molar-refractivity contribution is 5.26. The van der Waals surface area contributed by atoms with Gasteiger partial charge < -0.3 is 14.8 Å². The molecule has 3 nitrogen and oxygen atoms in total. The predicted molar refractivity (Wildman–Crippen MR) is 79.1 cm³/mol. The minimum Gasteiger partial charge on any atom is -0.349 e. The average Bonchev–Trinajstić information content (AvgIpc) is 2.64. The summed E-state index contributed by atoms with van der Waals surface area (Å²) in [5.41, 5.74) is 4.22. The van der Waals surface area contributed by atoms with Crippen molar-refractivity contribution in [1.29, 1.82) is 0 Å². The van der Waals surface area contributed by atoms with Gasteiger partial charge in [-0.15, -0.1) is 0 Å². The summed E-state index contributed by atoms with van der Waals surface area (Å²) in [5.74, 6) is 0. The summed E-state index contributed by atoms with van der Waals surface area (Å²) in [6.07, 6.45) is 0. The van der Waals surface area contributed by atoms with Crippen molar-refractivity contribution in [1.82, 2.24) is 14.8 Å². The Kier molecular flexibility index (Phi) is 6.44. The van der Waals surface area contributed by atoms with E-state index in [-0.39, 0.29) is 0 Å². The SMILES string of the molecule is CCN(CC)CCNCc1cc(C)n(CC)c1C. The Labute approximate surface area is 112 Å². The van der Waals surface area contributed by atoms with Crippen LogP contribution in [0.15, 0.2) is 6.07 Å². The van der Waals surface area contributed by atoms with Gasteiger partial charge in [-0.1, -0.05) is 13.8 Å². The average molecular weight is 251 g/mol. The fourth-order valence-corrected chi connectivity index (χ4v) is 2.54. The van der Waals surface area contributed by atoms with Crippen LogP contribution in [-0.4, -0.2) is 35.6 Å². The molecule has 1 N–H and O–H groups in total. The van der Waals surface area contributed by atoms with Gasteiger partial charge in [0.05, 0.1) is 0 Å². The van der Waals surface area contributed by atoms with Gasteiger partial charge in [0.25, 0.3) is 0 Å². The Balaban J connectivity index is 2.40. The third kappa shape index (κ3) is 3.85. The standard InChI is InChI=1S/C15H29N3/c1-6-17(7-2)10-9-16-12-15-11-13(4)18(8-3)14(15)5/h11,16H,6-10,12H2,1-5H3. The van der Waals surface area contributed by atoms with E-state index >= 15 is 0 Å². The van der Waals surface area contributed by atoms with Crippen molar-refractivity contribution < 1.29 is 0 Å². The van der Waals surface area contributed by atoms with Crippen LogP contribution in [-0.2, 0) is 13.1 Å². The molecular weight excluding hydrogens is 222 g/mol. The molecule has 1 heterocycles. The highest BCUT2D eigenvalue weighted by Gasteiger charge is 2.07. The zero-order chi connectivity index (χ0) is 13.5. The molecule has 1 rings (SSSR count). The lowest BCUT2D eigenvalue weighted by atomic mass is 10.2. The van der Waals surface area contributed by atoms with E-state index < -0.39 is 0 Å². The van der Waals surface area contributed by atoms with Gasteiger partial charge >= 0.3 is 0 Å². The molecular formula is C15H29N3. The van der Waals surface area contributed by atoms with Crippen molar-refractivity contribution in [3.63, 3.8) is 0 Å².